The first-order chi connectivity index (χ1) is 29.8. The Balaban J connectivity index is 1.40. The van der Waals surface area contributed by atoms with E-state index >= 15 is 4.79 Å². The van der Waals surface area contributed by atoms with Crippen LogP contribution in [-0.4, -0.2) is 107 Å². The third-order valence-corrected chi connectivity index (χ3v) is 13.7. The summed E-state index contributed by atoms with van der Waals surface area (Å²) in [5.41, 5.74) is -6.45. The first kappa shape index (κ1) is 45.3. The monoisotopic (exact) mass is 867 g/mol. The fourth-order valence-corrected chi connectivity index (χ4v) is 10.5. The van der Waals surface area contributed by atoms with Gasteiger partial charge in [-0.2, -0.15) is 0 Å². The third-order valence-electron chi connectivity index (χ3n) is 13.7. The van der Waals surface area contributed by atoms with E-state index < -0.39 is 113 Å². The standard InChI is InChI=1S/C48H53NO14/c1-26-32(61-44(56)37(52)36(29-17-11-8-12-18-29)49-42(54)30-19-13-9-14-20-30)24-48(57)41(62-43(55)31-21-15-10-16-22-31)39-46(6,40(53)38(60-27(2)50)35(26)45(48,4)5)33(58-7)23-34-47(39,25-59-34)63-28(3)51/h8-22,32-34,36-39,41,52,57H,23-25H2,1-7H3,(H,49,54)/t32-,33-,34+,36-,37+,38+,39-,41-,46+,47-,48+/m0/s1. The minimum atomic E-state index is -2.34. The number of carbonyl (C=O) groups excluding carboxylic acids is 6. The Kier molecular flexibility index (Phi) is 12.3. The minimum absolute atomic E-state index is 0.0377. The number of aliphatic hydroxyl groups is 2. The van der Waals surface area contributed by atoms with Gasteiger partial charge in [-0.25, -0.2) is 9.59 Å². The van der Waals surface area contributed by atoms with E-state index in [9.17, 15) is 34.2 Å². The van der Waals surface area contributed by atoms with Crippen molar-refractivity contribution >= 4 is 35.6 Å². The zero-order valence-corrected chi connectivity index (χ0v) is 36.2. The van der Waals surface area contributed by atoms with Gasteiger partial charge in [-0.15, -0.1) is 0 Å². The first-order valence-corrected chi connectivity index (χ1v) is 20.9. The van der Waals surface area contributed by atoms with Crippen LogP contribution in [0.2, 0.25) is 0 Å². The van der Waals surface area contributed by atoms with Crippen molar-refractivity contribution in [3.8, 4) is 0 Å². The largest absolute Gasteiger partial charge is 0.456 e. The molecule has 0 unspecified atom stereocenters. The maximum atomic E-state index is 15.7. The fourth-order valence-electron chi connectivity index (χ4n) is 10.5. The molecule has 15 heteroatoms. The molecule has 2 saturated carbocycles. The molecular formula is C48H53NO14. The van der Waals surface area contributed by atoms with Crippen LogP contribution in [0.5, 0.6) is 0 Å². The van der Waals surface area contributed by atoms with Gasteiger partial charge >= 0.3 is 23.9 Å². The predicted molar refractivity (Wildman–Crippen MR) is 222 cm³/mol. The van der Waals surface area contributed by atoms with E-state index in [4.69, 9.17) is 28.4 Å². The molecule has 3 aromatic rings. The van der Waals surface area contributed by atoms with E-state index in [1.807, 2.05) is 0 Å². The minimum Gasteiger partial charge on any atom is -0.456 e. The van der Waals surface area contributed by atoms with Crippen molar-refractivity contribution in [2.24, 2.45) is 16.7 Å². The van der Waals surface area contributed by atoms with Crippen molar-refractivity contribution in [2.75, 3.05) is 13.7 Å². The number of fused-ring (bicyclic) bond motifs is 5. The maximum Gasteiger partial charge on any atom is 0.338 e. The molecule has 4 aliphatic rings. The summed E-state index contributed by atoms with van der Waals surface area (Å²) in [6.07, 6.45) is -9.33. The van der Waals surface area contributed by atoms with Crippen LogP contribution in [0.25, 0.3) is 0 Å². The molecule has 7 rings (SSSR count). The number of ketones is 1. The van der Waals surface area contributed by atoms with E-state index in [2.05, 4.69) is 5.32 Å². The fraction of sp³-hybridized carbons (Fsp3) is 0.458. The maximum absolute atomic E-state index is 15.7. The second-order valence-corrected chi connectivity index (χ2v) is 17.6. The molecule has 0 spiro atoms. The lowest BCUT2D eigenvalue weighted by Crippen LogP contribution is -2.82. The van der Waals surface area contributed by atoms with Crippen LogP contribution in [-0.2, 0) is 47.6 Å². The summed E-state index contributed by atoms with van der Waals surface area (Å²) in [5.74, 6) is -6.40. The van der Waals surface area contributed by atoms with Crippen molar-refractivity contribution in [1.29, 1.82) is 0 Å². The number of hydrogen-bond acceptors (Lipinski definition) is 14. The van der Waals surface area contributed by atoms with Crippen LogP contribution in [0.4, 0.5) is 0 Å². The second kappa shape index (κ2) is 17.1. The number of ether oxygens (including phenoxy) is 6. The normalized spacial score (nSPS) is 31.5. The highest BCUT2D eigenvalue weighted by Gasteiger charge is 2.78. The molecule has 334 valence electrons. The summed E-state index contributed by atoms with van der Waals surface area (Å²) in [6, 6.07) is 23.2. The first-order valence-electron chi connectivity index (χ1n) is 20.9. The van der Waals surface area contributed by atoms with E-state index in [1.54, 1.807) is 107 Å². The number of rotatable bonds is 11. The lowest BCUT2D eigenvalue weighted by Gasteiger charge is -2.67. The molecule has 3 N–H and O–H groups in total. The van der Waals surface area contributed by atoms with Gasteiger partial charge in [0.05, 0.1) is 35.6 Å². The van der Waals surface area contributed by atoms with Crippen LogP contribution in [0.1, 0.15) is 86.7 Å². The zero-order valence-electron chi connectivity index (χ0n) is 36.2. The quantitative estimate of drug-likeness (QED) is 0.139. The molecule has 11 atom stereocenters. The van der Waals surface area contributed by atoms with Crippen LogP contribution < -0.4 is 5.32 Å². The van der Waals surface area contributed by atoms with Crippen molar-refractivity contribution < 1.29 is 67.4 Å². The van der Waals surface area contributed by atoms with E-state index in [1.165, 1.54) is 26.2 Å². The Morgan fingerprint density at radius 2 is 1.41 bits per heavy atom. The summed E-state index contributed by atoms with van der Waals surface area (Å²) in [4.78, 5) is 84.1. The summed E-state index contributed by atoms with van der Waals surface area (Å²) in [7, 11) is 1.39. The number of methoxy groups -OCH3 is 1. The number of Topliss-reactive ketones (excluding diaryl/α,β-unsaturated/α-hetero) is 1. The van der Waals surface area contributed by atoms with E-state index in [0.717, 1.165) is 6.92 Å². The summed E-state index contributed by atoms with van der Waals surface area (Å²) >= 11 is 0. The predicted octanol–water partition coefficient (Wildman–Crippen LogP) is 4.39. The highest BCUT2D eigenvalue weighted by Crippen LogP contribution is 2.65. The lowest BCUT2D eigenvalue weighted by molar-refractivity contribution is -0.347. The number of nitrogens with one attached hydrogen (secondary N) is 1. The molecule has 0 aromatic heterocycles. The van der Waals surface area contributed by atoms with Gasteiger partial charge in [0.1, 0.15) is 23.9 Å². The Morgan fingerprint density at radius 3 is 1.95 bits per heavy atom. The van der Waals surface area contributed by atoms with Gasteiger partial charge in [-0.3, -0.25) is 19.2 Å². The molecule has 1 aliphatic heterocycles. The Morgan fingerprint density at radius 1 is 0.825 bits per heavy atom. The number of aliphatic hydroxyl groups excluding tert-OH is 1. The molecule has 0 radical (unpaired) electrons. The van der Waals surface area contributed by atoms with Crippen LogP contribution in [0.15, 0.2) is 102 Å². The molecular weight excluding hydrogens is 815 g/mol. The topological polar surface area (TPSA) is 210 Å². The van der Waals surface area contributed by atoms with Gasteiger partial charge < -0.3 is 44.0 Å². The highest BCUT2D eigenvalue weighted by atomic mass is 16.6. The van der Waals surface area contributed by atoms with Crippen LogP contribution in [0.3, 0.4) is 0 Å². The summed E-state index contributed by atoms with van der Waals surface area (Å²) < 4.78 is 36.8. The number of carbonyl (C=O) groups is 6. The molecule has 2 bridgehead atoms. The van der Waals surface area contributed by atoms with Crippen molar-refractivity contribution in [2.45, 2.75) is 108 Å². The number of amides is 1. The van der Waals surface area contributed by atoms with Gasteiger partial charge in [-0.1, -0.05) is 80.6 Å². The molecule has 3 aliphatic carbocycles. The van der Waals surface area contributed by atoms with E-state index in [0.29, 0.717) is 5.56 Å². The molecule has 63 heavy (non-hydrogen) atoms. The van der Waals surface area contributed by atoms with Crippen molar-refractivity contribution in [3.05, 3.63) is 119 Å². The average Bonchev–Trinajstić information content (AvgIpc) is 3.25. The van der Waals surface area contributed by atoms with Gasteiger partial charge in [0, 0.05) is 44.8 Å². The average molecular weight is 868 g/mol. The third kappa shape index (κ3) is 7.64. The molecule has 15 nitrogen and oxygen atoms in total. The SMILES string of the molecule is CO[C@H]1C[C@H]2OC[C@@]2(OC(C)=O)[C@H]2[C@H](OC(=O)c3ccccc3)[C@]3(O)C[C@H](OC(=O)[C@H](O)[C@@H](NC(=O)c4ccccc4)c4ccccc4)C(C)=C([C@@H](OC(C)=O)C(=O)[C@]12C)C3(C)C. The van der Waals surface area contributed by atoms with Crippen LogP contribution >= 0.6 is 0 Å². The summed E-state index contributed by atoms with van der Waals surface area (Å²) in [5, 5.41) is 28.4. The number of hydrogen-bond donors (Lipinski definition) is 3. The van der Waals surface area contributed by atoms with Gasteiger partial charge in [-0.05, 0) is 54.8 Å². The lowest BCUT2D eigenvalue weighted by atomic mass is 9.44. The summed E-state index contributed by atoms with van der Waals surface area (Å²) in [6.45, 7) is 8.39. The Hall–Kier alpha value is -5.74. The van der Waals surface area contributed by atoms with Crippen molar-refractivity contribution in [1.82, 2.24) is 5.32 Å². The van der Waals surface area contributed by atoms with Crippen LogP contribution in [0, 0.1) is 16.7 Å². The van der Waals surface area contributed by atoms with E-state index in [-0.39, 0.29) is 35.3 Å². The Bertz CT molecular complexity index is 2300. The molecule has 3 aromatic carbocycles. The molecule has 3 fully saturated rings. The second-order valence-electron chi connectivity index (χ2n) is 17.6. The zero-order chi connectivity index (χ0) is 45.6. The highest BCUT2D eigenvalue weighted by molar-refractivity contribution is 5.96. The number of benzene rings is 3. The molecule has 1 saturated heterocycles. The molecule has 1 heterocycles. The number of esters is 4. The van der Waals surface area contributed by atoms with Crippen molar-refractivity contribution in [3.63, 3.8) is 0 Å². The smallest absolute Gasteiger partial charge is 0.338 e. The van der Waals surface area contributed by atoms with Gasteiger partial charge in [0.15, 0.2) is 23.6 Å². The molecule has 1 amide bonds. The Labute approximate surface area is 365 Å². The van der Waals surface area contributed by atoms with Gasteiger partial charge in [0.2, 0.25) is 0 Å². The van der Waals surface area contributed by atoms with Gasteiger partial charge in [0.25, 0.3) is 5.91 Å².